The Morgan fingerprint density at radius 2 is 2.36 bits per heavy atom. The molecule has 1 aromatic rings. The standard InChI is InChI=1S/C9H17BrN4/c1-11-4-5-13(2)7-9-8(10)6-12-14(9)3/h6,11H,4-5,7H2,1-3H3. The summed E-state index contributed by atoms with van der Waals surface area (Å²) in [5, 5.41) is 7.31. The van der Waals surface area contributed by atoms with Gasteiger partial charge in [0.25, 0.3) is 0 Å². The predicted molar refractivity (Wildman–Crippen MR) is 61.2 cm³/mol. The quantitative estimate of drug-likeness (QED) is 0.852. The van der Waals surface area contributed by atoms with Gasteiger partial charge < -0.3 is 5.32 Å². The Morgan fingerprint density at radius 1 is 1.64 bits per heavy atom. The third-order valence-corrected chi connectivity index (χ3v) is 2.84. The Bertz CT molecular complexity index is 265. The van der Waals surface area contributed by atoms with Crippen molar-refractivity contribution in [2.45, 2.75) is 6.54 Å². The van der Waals surface area contributed by atoms with Crippen molar-refractivity contribution in [2.24, 2.45) is 7.05 Å². The van der Waals surface area contributed by atoms with Crippen molar-refractivity contribution in [2.75, 3.05) is 27.2 Å². The molecule has 14 heavy (non-hydrogen) atoms. The Hall–Kier alpha value is -0.390. The van der Waals surface area contributed by atoms with Gasteiger partial charge in [0.05, 0.1) is 16.4 Å². The summed E-state index contributed by atoms with van der Waals surface area (Å²) in [5.74, 6) is 0. The van der Waals surface area contributed by atoms with E-state index in [1.54, 1.807) is 0 Å². The van der Waals surface area contributed by atoms with Crippen LogP contribution < -0.4 is 5.32 Å². The summed E-state index contributed by atoms with van der Waals surface area (Å²) in [5.41, 5.74) is 1.21. The second-order valence-corrected chi connectivity index (χ2v) is 4.26. The molecule has 0 aliphatic carbocycles. The van der Waals surface area contributed by atoms with Gasteiger partial charge in [0, 0.05) is 26.7 Å². The van der Waals surface area contributed by atoms with E-state index in [4.69, 9.17) is 0 Å². The molecule has 5 heteroatoms. The van der Waals surface area contributed by atoms with E-state index < -0.39 is 0 Å². The van der Waals surface area contributed by atoms with Crippen molar-refractivity contribution in [3.8, 4) is 0 Å². The summed E-state index contributed by atoms with van der Waals surface area (Å²) in [6.45, 7) is 2.96. The molecule has 0 atom stereocenters. The van der Waals surface area contributed by atoms with Crippen LogP contribution >= 0.6 is 15.9 Å². The number of nitrogens with one attached hydrogen (secondary N) is 1. The van der Waals surface area contributed by atoms with Crippen LogP contribution in [0.25, 0.3) is 0 Å². The lowest BCUT2D eigenvalue weighted by Gasteiger charge is -2.16. The van der Waals surface area contributed by atoms with Gasteiger partial charge in [-0.1, -0.05) is 0 Å². The number of aryl methyl sites for hydroxylation is 1. The third-order valence-electron chi connectivity index (χ3n) is 2.17. The maximum atomic E-state index is 4.18. The zero-order chi connectivity index (χ0) is 10.6. The topological polar surface area (TPSA) is 33.1 Å². The van der Waals surface area contributed by atoms with E-state index >= 15 is 0 Å². The van der Waals surface area contributed by atoms with Crippen LogP contribution in [0.15, 0.2) is 10.7 Å². The van der Waals surface area contributed by atoms with Crippen molar-refractivity contribution in [1.82, 2.24) is 20.0 Å². The van der Waals surface area contributed by atoms with Crippen molar-refractivity contribution in [3.05, 3.63) is 16.4 Å². The summed E-state index contributed by atoms with van der Waals surface area (Å²) >= 11 is 3.49. The number of halogens is 1. The van der Waals surface area contributed by atoms with Crippen LogP contribution in [0.5, 0.6) is 0 Å². The molecule has 0 amide bonds. The lowest BCUT2D eigenvalue weighted by Crippen LogP contribution is -2.27. The molecule has 0 radical (unpaired) electrons. The molecule has 1 N–H and O–H groups in total. The normalized spacial score (nSPS) is 11.2. The van der Waals surface area contributed by atoms with E-state index in [2.05, 4.69) is 38.3 Å². The Kier molecular flexibility index (Phi) is 4.57. The highest BCUT2D eigenvalue weighted by molar-refractivity contribution is 9.10. The van der Waals surface area contributed by atoms with Gasteiger partial charge in [0.15, 0.2) is 0 Å². The van der Waals surface area contributed by atoms with Crippen LogP contribution in [-0.2, 0) is 13.6 Å². The molecule has 0 spiro atoms. The van der Waals surface area contributed by atoms with Crippen LogP contribution in [0.3, 0.4) is 0 Å². The molecule has 1 heterocycles. The first-order valence-electron chi connectivity index (χ1n) is 4.64. The fourth-order valence-corrected chi connectivity index (χ4v) is 1.72. The smallest absolute Gasteiger partial charge is 0.0663 e. The summed E-state index contributed by atoms with van der Waals surface area (Å²) < 4.78 is 2.98. The number of aromatic nitrogens is 2. The van der Waals surface area contributed by atoms with Crippen molar-refractivity contribution in [3.63, 3.8) is 0 Å². The lowest BCUT2D eigenvalue weighted by molar-refractivity contribution is 0.318. The molecular weight excluding hydrogens is 244 g/mol. The molecular formula is C9H17BrN4. The van der Waals surface area contributed by atoms with Gasteiger partial charge in [-0.05, 0) is 30.0 Å². The van der Waals surface area contributed by atoms with Gasteiger partial charge in [-0.25, -0.2) is 0 Å². The van der Waals surface area contributed by atoms with E-state index in [9.17, 15) is 0 Å². The van der Waals surface area contributed by atoms with Crippen LogP contribution in [0.4, 0.5) is 0 Å². The number of rotatable bonds is 5. The minimum Gasteiger partial charge on any atom is -0.318 e. The molecule has 0 bridgehead atoms. The number of likely N-dealkylation sites (N-methyl/N-ethyl adjacent to an activating group) is 2. The minimum atomic E-state index is 0.915. The average Bonchev–Trinajstić information content (AvgIpc) is 2.46. The van der Waals surface area contributed by atoms with Crippen LogP contribution in [0.2, 0.25) is 0 Å². The molecule has 0 aliphatic heterocycles. The van der Waals surface area contributed by atoms with Crippen molar-refractivity contribution >= 4 is 15.9 Å². The van der Waals surface area contributed by atoms with Gasteiger partial charge in [-0.2, -0.15) is 5.10 Å². The minimum absolute atomic E-state index is 0.915. The molecule has 80 valence electrons. The molecule has 1 rings (SSSR count). The molecule has 0 aromatic carbocycles. The number of nitrogens with zero attached hydrogens (tertiary/aromatic N) is 3. The Balaban J connectivity index is 2.51. The number of hydrogen-bond donors (Lipinski definition) is 1. The zero-order valence-electron chi connectivity index (χ0n) is 8.92. The maximum absolute atomic E-state index is 4.18. The summed E-state index contributed by atoms with van der Waals surface area (Å²) in [4.78, 5) is 2.26. The zero-order valence-corrected chi connectivity index (χ0v) is 10.5. The Morgan fingerprint density at radius 3 is 2.86 bits per heavy atom. The van der Waals surface area contributed by atoms with Crippen molar-refractivity contribution < 1.29 is 0 Å². The van der Waals surface area contributed by atoms with Crippen molar-refractivity contribution in [1.29, 1.82) is 0 Å². The highest BCUT2D eigenvalue weighted by Crippen LogP contribution is 2.16. The van der Waals surface area contributed by atoms with Crippen LogP contribution in [0, 0.1) is 0 Å². The fourth-order valence-electron chi connectivity index (χ4n) is 1.25. The third kappa shape index (κ3) is 3.08. The molecule has 0 fully saturated rings. The van der Waals surface area contributed by atoms with Crippen LogP contribution in [-0.4, -0.2) is 41.9 Å². The van der Waals surface area contributed by atoms with Gasteiger partial charge in [0.2, 0.25) is 0 Å². The van der Waals surface area contributed by atoms with E-state index in [0.29, 0.717) is 0 Å². The maximum Gasteiger partial charge on any atom is 0.0663 e. The second-order valence-electron chi connectivity index (χ2n) is 3.40. The van der Waals surface area contributed by atoms with E-state index in [1.807, 2.05) is 25.0 Å². The first kappa shape index (κ1) is 11.7. The molecule has 1 aromatic heterocycles. The van der Waals surface area contributed by atoms with E-state index in [1.165, 1.54) is 5.69 Å². The largest absolute Gasteiger partial charge is 0.318 e. The van der Waals surface area contributed by atoms with Gasteiger partial charge >= 0.3 is 0 Å². The summed E-state index contributed by atoms with van der Waals surface area (Å²) in [7, 11) is 6.04. The summed E-state index contributed by atoms with van der Waals surface area (Å²) in [6, 6.07) is 0. The molecule has 0 aliphatic rings. The first-order chi connectivity index (χ1) is 6.65. The van der Waals surface area contributed by atoms with Gasteiger partial charge in [-0.15, -0.1) is 0 Å². The molecule has 0 unspecified atom stereocenters. The molecule has 0 saturated heterocycles. The predicted octanol–water partition coefficient (Wildman–Crippen LogP) is 0.834. The second kappa shape index (κ2) is 5.48. The molecule has 4 nitrogen and oxygen atoms in total. The molecule has 0 saturated carbocycles. The SMILES string of the molecule is CNCCN(C)Cc1c(Br)cnn1C. The lowest BCUT2D eigenvalue weighted by atomic mass is 10.4. The summed E-state index contributed by atoms with van der Waals surface area (Å²) in [6.07, 6.45) is 1.83. The average molecular weight is 261 g/mol. The number of hydrogen-bond acceptors (Lipinski definition) is 3. The highest BCUT2D eigenvalue weighted by atomic mass is 79.9. The highest BCUT2D eigenvalue weighted by Gasteiger charge is 2.08. The fraction of sp³-hybridized carbons (Fsp3) is 0.667. The van der Waals surface area contributed by atoms with E-state index in [0.717, 1.165) is 24.1 Å². The monoisotopic (exact) mass is 260 g/mol. The van der Waals surface area contributed by atoms with Gasteiger partial charge in [0.1, 0.15) is 0 Å². The Labute approximate surface area is 93.4 Å². The van der Waals surface area contributed by atoms with Gasteiger partial charge in [-0.3, -0.25) is 9.58 Å². The van der Waals surface area contributed by atoms with E-state index in [-0.39, 0.29) is 0 Å². The first-order valence-corrected chi connectivity index (χ1v) is 5.44. The van der Waals surface area contributed by atoms with Crippen LogP contribution in [0.1, 0.15) is 5.69 Å².